The van der Waals surface area contributed by atoms with Gasteiger partial charge in [0.05, 0.1) is 23.8 Å². The largest absolute Gasteiger partial charge is 0.277 e. The fourth-order valence-electron chi connectivity index (χ4n) is 3.14. The molecule has 2 saturated heterocycles. The number of sulfone groups is 1. The van der Waals surface area contributed by atoms with Crippen LogP contribution in [0.3, 0.4) is 0 Å². The lowest BCUT2D eigenvalue weighted by atomic mass is 10.0. The maximum Gasteiger partial charge on any atom is 0.177 e. The van der Waals surface area contributed by atoms with Gasteiger partial charge in [-0.25, -0.2) is 13.4 Å². The second-order valence-electron chi connectivity index (χ2n) is 6.18. The molecule has 7 heteroatoms. The Morgan fingerprint density at radius 3 is 2.44 bits per heavy atom. The van der Waals surface area contributed by atoms with E-state index in [2.05, 4.69) is 17.2 Å². The zero-order valence-electron chi connectivity index (χ0n) is 13.4. The maximum atomic E-state index is 11.8. The zero-order chi connectivity index (χ0) is 17.4. The van der Waals surface area contributed by atoms with Gasteiger partial charge in [0.25, 0.3) is 0 Å². The Bertz CT molecular complexity index is 925. The molecule has 0 aliphatic carbocycles. The number of hydrogen-bond acceptors (Lipinski definition) is 5. The number of amidine groups is 1. The minimum Gasteiger partial charge on any atom is -0.277 e. The molecule has 2 atom stereocenters. The molecule has 2 aliphatic heterocycles. The highest BCUT2D eigenvalue weighted by molar-refractivity contribution is 8.15. The van der Waals surface area contributed by atoms with Crippen LogP contribution in [-0.4, -0.2) is 47.6 Å². The molecule has 0 aromatic heterocycles. The molecule has 128 valence electrons. The Morgan fingerprint density at radius 2 is 1.72 bits per heavy atom. The van der Waals surface area contributed by atoms with E-state index in [0.717, 1.165) is 16.7 Å². The van der Waals surface area contributed by atoms with E-state index in [9.17, 15) is 8.42 Å². The van der Waals surface area contributed by atoms with Crippen molar-refractivity contribution >= 4 is 33.0 Å². The summed E-state index contributed by atoms with van der Waals surface area (Å²) in [6.45, 7) is 0. The molecule has 0 spiro atoms. The smallest absolute Gasteiger partial charge is 0.177 e. The molecule has 0 unspecified atom stereocenters. The summed E-state index contributed by atoms with van der Waals surface area (Å²) in [6, 6.07) is 17.9. The van der Waals surface area contributed by atoms with Gasteiger partial charge in [0.1, 0.15) is 0 Å². The monoisotopic (exact) mass is 371 g/mol. The molecule has 2 heterocycles. The highest BCUT2D eigenvalue weighted by atomic mass is 32.2. The van der Waals surface area contributed by atoms with E-state index < -0.39 is 9.84 Å². The Balaban J connectivity index is 1.51. The SMILES string of the molecule is N=C1S[C@@H]2CS(=O)(=O)C[C@@H]2N1/N=C\c1ccc(-c2ccccc2)cc1. The molecule has 2 aromatic rings. The van der Waals surface area contributed by atoms with Crippen molar-refractivity contribution in [1.29, 1.82) is 5.41 Å². The molecular formula is C18H17N3O2S2. The van der Waals surface area contributed by atoms with E-state index in [1.54, 1.807) is 11.2 Å². The summed E-state index contributed by atoms with van der Waals surface area (Å²) >= 11 is 1.30. The van der Waals surface area contributed by atoms with E-state index >= 15 is 0 Å². The molecule has 5 nitrogen and oxygen atoms in total. The minimum atomic E-state index is -3.01. The van der Waals surface area contributed by atoms with Crippen LogP contribution in [0.25, 0.3) is 11.1 Å². The first kappa shape index (κ1) is 16.4. The highest BCUT2D eigenvalue weighted by Gasteiger charge is 2.48. The van der Waals surface area contributed by atoms with Crippen LogP contribution in [0, 0.1) is 5.41 Å². The Labute approximate surface area is 151 Å². The van der Waals surface area contributed by atoms with Crippen molar-refractivity contribution in [2.24, 2.45) is 5.10 Å². The van der Waals surface area contributed by atoms with Crippen LogP contribution in [0.15, 0.2) is 59.7 Å². The Kier molecular flexibility index (Phi) is 4.13. The van der Waals surface area contributed by atoms with E-state index in [1.807, 2.05) is 42.5 Å². The average molecular weight is 371 g/mol. The molecule has 1 N–H and O–H groups in total. The summed E-state index contributed by atoms with van der Waals surface area (Å²) in [6.07, 6.45) is 1.69. The van der Waals surface area contributed by atoms with Gasteiger partial charge in [0, 0.05) is 5.25 Å². The zero-order valence-corrected chi connectivity index (χ0v) is 15.0. The molecule has 0 radical (unpaired) electrons. The van der Waals surface area contributed by atoms with Gasteiger partial charge >= 0.3 is 0 Å². The third-order valence-electron chi connectivity index (χ3n) is 4.41. The second kappa shape index (κ2) is 6.31. The lowest BCUT2D eigenvalue weighted by Crippen LogP contribution is -2.32. The van der Waals surface area contributed by atoms with Crippen molar-refractivity contribution < 1.29 is 8.42 Å². The Hall–Kier alpha value is -2.12. The standard InChI is InChI=1S/C18H17N3O2S2/c19-18-21(16-11-25(22,23)12-17(16)24-18)20-10-13-6-8-15(9-7-13)14-4-2-1-3-5-14/h1-10,16-17,19H,11-12H2/b19-18?,20-10-/t16-,17+/m0/s1. The van der Waals surface area contributed by atoms with Crippen molar-refractivity contribution in [1.82, 2.24) is 5.01 Å². The summed E-state index contributed by atoms with van der Waals surface area (Å²) in [7, 11) is -3.01. The normalized spacial score (nSPS) is 24.8. The van der Waals surface area contributed by atoms with Gasteiger partial charge < -0.3 is 0 Å². The van der Waals surface area contributed by atoms with Gasteiger partial charge in [-0.05, 0) is 16.7 Å². The summed E-state index contributed by atoms with van der Waals surface area (Å²) < 4.78 is 23.6. The van der Waals surface area contributed by atoms with Gasteiger partial charge in [-0.3, -0.25) is 5.41 Å². The molecule has 25 heavy (non-hydrogen) atoms. The molecule has 4 rings (SSSR count). The number of benzene rings is 2. The van der Waals surface area contributed by atoms with Gasteiger partial charge in [0.2, 0.25) is 0 Å². The molecule has 0 amide bonds. The van der Waals surface area contributed by atoms with Crippen LogP contribution in [0.4, 0.5) is 0 Å². The van der Waals surface area contributed by atoms with Crippen LogP contribution in [0.2, 0.25) is 0 Å². The predicted octanol–water partition coefficient (Wildman–Crippen LogP) is 2.84. The number of thioether (sulfide) groups is 1. The quantitative estimate of drug-likeness (QED) is 0.842. The third-order valence-corrected chi connectivity index (χ3v) is 7.53. The van der Waals surface area contributed by atoms with Crippen LogP contribution >= 0.6 is 11.8 Å². The van der Waals surface area contributed by atoms with Gasteiger partial charge in [-0.1, -0.05) is 66.4 Å². The topological polar surface area (TPSA) is 73.6 Å². The van der Waals surface area contributed by atoms with Crippen LogP contribution in [0.5, 0.6) is 0 Å². The van der Waals surface area contributed by atoms with Gasteiger partial charge in [-0.15, -0.1) is 0 Å². The van der Waals surface area contributed by atoms with E-state index in [4.69, 9.17) is 5.41 Å². The number of nitrogens with zero attached hydrogens (tertiary/aromatic N) is 2. The first-order valence-electron chi connectivity index (χ1n) is 7.96. The lowest BCUT2D eigenvalue weighted by Gasteiger charge is -2.17. The second-order valence-corrected chi connectivity index (χ2v) is 9.56. The summed E-state index contributed by atoms with van der Waals surface area (Å²) in [4.78, 5) is 0. The van der Waals surface area contributed by atoms with E-state index in [-0.39, 0.29) is 22.8 Å². The molecular weight excluding hydrogens is 354 g/mol. The van der Waals surface area contributed by atoms with E-state index in [1.165, 1.54) is 11.8 Å². The number of nitrogens with one attached hydrogen (secondary N) is 1. The fraction of sp³-hybridized carbons (Fsp3) is 0.222. The number of fused-ring (bicyclic) bond motifs is 1. The summed E-state index contributed by atoms with van der Waals surface area (Å²) in [5.74, 6) is 0.222. The van der Waals surface area contributed by atoms with Crippen molar-refractivity contribution in [2.45, 2.75) is 11.3 Å². The first-order chi connectivity index (χ1) is 12.0. The van der Waals surface area contributed by atoms with E-state index in [0.29, 0.717) is 5.17 Å². The molecule has 2 aromatic carbocycles. The molecule has 2 aliphatic rings. The predicted molar refractivity (Wildman–Crippen MR) is 103 cm³/mol. The van der Waals surface area contributed by atoms with Crippen molar-refractivity contribution in [2.75, 3.05) is 11.5 Å². The van der Waals surface area contributed by atoms with Crippen LogP contribution in [0.1, 0.15) is 5.56 Å². The van der Waals surface area contributed by atoms with Gasteiger partial charge in [0.15, 0.2) is 15.0 Å². The number of hydrazone groups is 1. The lowest BCUT2D eigenvalue weighted by molar-refractivity contribution is 0.376. The fourth-order valence-corrected chi connectivity index (χ4v) is 6.86. The van der Waals surface area contributed by atoms with Crippen LogP contribution in [-0.2, 0) is 9.84 Å². The van der Waals surface area contributed by atoms with Gasteiger partial charge in [-0.2, -0.15) is 5.10 Å². The first-order valence-corrected chi connectivity index (χ1v) is 10.7. The Morgan fingerprint density at radius 1 is 1.04 bits per heavy atom. The molecule has 0 bridgehead atoms. The average Bonchev–Trinajstić information content (AvgIpc) is 3.04. The van der Waals surface area contributed by atoms with Crippen molar-refractivity contribution in [3.05, 3.63) is 60.2 Å². The summed E-state index contributed by atoms with van der Waals surface area (Å²) in [5.41, 5.74) is 3.20. The molecule has 2 fully saturated rings. The minimum absolute atomic E-state index is 0.0740. The highest BCUT2D eigenvalue weighted by Crippen LogP contribution is 2.37. The van der Waals surface area contributed by atoms with Crippen LogP contribution < -0.4 is 0 Å². The third kappa shape index (κ3) is 3.34. The number of rotatable bonds is 3. The summed E-state index contributed by atoms with van der Waals surface area (Å²) in [5, 5.41) is 14.2. The maximum absolute atomic E-state index is 11.8. The number of hydrogen-bond donors (Lipinski definition) is 1. The van der Waals surface area contributed by atoms with Crippen molar-refractivity contribution in [3.8, 4) is 11.1 Å². The van der Waals surface area contributed by atoms with Crippen molar-refractivity contribution in [3.63, 3.8) is 0 Å². The molecule has 0 saturated carbocycles.